The van der Waals surface area contributed by atoms with Crippen molar-refractivity contribution in [3.05, 3.63) is 40.4 Å². The smallest absolute Gasteiger partial charge is 0.400 e. The van der Waals surface area contributed by atoms with E-state index >= 15 is 0 Å². The lowest BCUT2D eigenvalue weighted by atomic mass is 9.77. The topological polar surface area (TPSA) is 38.7 Å². The molecule has 0 radical (unpaired) electrons. The number of hydrogen-bond donors (Lipinski definition) is 1. The largest absolute Gasteiger partial charge is 0.492 e. The number of halogens is 3. The summed E-state index contributed by atoms with van der Waals surface area (Å²) in [5.74, 6) is 0. The number of aliphatic hydroxyl groups excluding tert-OH is 1. The summed E-state index contributed by atoms with van der Waals surface area (Å²) < 4.78 is 50.8. The van der Waals surface area contributed by atoms with E-state index in [1.54, 1.807) is 6.07 Å². The summed E-state index contributed by atoms with van der Waals surface area (Å²) >= 11 is 0. The molecule has 1 aliphatic heterocycles. The van der Waals surface area contributed by atoms with Gasteiger partial charge in [0.15, 0.2) is 0 Å². The Morgan fingerprint density at radius 3 is 2.17 bits per heavy atom. The Balaban J connectivity index is 2.36. The van der Waals surface area contributed by atoms with Crippen molar-refractivity contribution in [2.45, 2.75) is 52.0 Å². The summed E-state index contributed by atoms with van der Waals surface area (Å²) in [4.78, 5) is 0. The first-order valence-electron chi connectivity index (χ1n) is 7.72. The predicted octanol–water partition coefficient (Wildman–Crippen LogP) is 4.02. The Bertz CT molecular complexity index is 635. The van der Waals surface area contributed by atoms with Gasteiger partial charge in [-0.1, -0.05) is 18.2 Å². The number of hydrogen-bond acceptors (Lipinski definition) is 3. The van der Waals surface area contributed by atoms with Gasteiger partial charge in [-0.2, -0.15) is 13.2 Å². The molecule has 1 N–H and O–H groups in total. The molecule has 1 aromatic carbocycles. The average Bonchev–Trinajstić information content (AvgIpc) is 2.65. The third kappa shape index (κ3) is 3.68. The Morgan fingerprint density at radius 1 is 1.17 bits per heavy atom. The van der Waals surface area contributed by atoms with Crippen LogP contribution in [-0.4, -0.2) is 30.0 Å². The fourth-order valence-electron chi connectivity index (χ4n) is 2.43. The standard InChI is InChI=1S/C17H22BF3O3/c1-11-6-7-12(9-14(11)17(19,20)21)8-13(10-22)18-23-15(2,3)16(4,5)24-18/h6-9,22H,10H2,1-5H3. The van der Waals surface area contributed by atoms with Gasteiger partial charge in [0, 0.05) is 0 Å². The minimum absolute atomic E-state index is 0.154. The van der Waals surface area contributed by atoms with Crippen molar-refractivity contribution < 1.29 is 27.6 Å². The van der Waals surface area contributed by atoms with E-state index in [9.17, 15) is 18.3 Å². The van der Waals surface area contributed by atoms with Gasteiger partial charge in [-0.05, 0) is 57.3 Å². The quantitative estimate of drug-likeness (QED) is 0.844. The van der Waals surface area contributed by atoms with Crippen LogP contribution in [0.4, 0.5) is 13.2 Å². The van der Waals surface area contributed by atoms with Gasteiger partial charge in [-0.25, -0.2) is 0 Å². The molecule has 2 rings (SSSR count). The molecular weight excluding hydrogens is 320 g/mol. The molecule has 0 atom stereocenters. The monoisotopic (exact) mass is 342 g/mol. The van der Waals surface area contributed by atoms with E-state index in [4.69, 9.17) is 9.31 Å². The minimum Gasteiger partial charge on any atom is -0.400 e. The molecule has 0 aromatic heterocycles. The number of benzene rings is 1. The summed E-state index contributed by atoms with van der Waals surface area (Å²) in [5, 5.41) is 9.62. The molecule has 0 bridgehead atoms. The second-order valence-corrected chi connectivity index (χ2v) is 7.04. The summed E-state index contributed by atoms with van der Waals surface area (Å²) in [6.45, 7) is 8.53. The first-order chi connectivity index (χ1) is 10.9. The van der Waals surface area contributed by atoms with Crippen LogP contribution in [0.5, 0.6) is 0 Å². The van der Waals surface area contributed by atoms with Gasteiger partial charge < -0.3 is 14.4 Å². The minimum atomic E-state index is -4.42. The normalized spacial score (nSPS) is 20.5. The third-order valence-corrected chi connectivity index (χ3v) is 4.66. The molecule has 1 aromatic rings. The van der Waals surface area contributed by atoms with Crippen molar-refractivity contribution in [2.75, 3.05) is 6.61 Å². The van der Waals surface area contributed by atoms with Crippen molar-refractivity contribution in [1.82, 2.24) is 0 Å². The van der Waals surface area contributed by atoms with Crippen molar-refractivity contribution in [3.63, 3.8) is 0 Å². The van der Waals surface area contributed by atoms with Crippen LogP contribution in [0, 0.1) is 6.92 Å². The fraction of sp³-hybridized carbons (Fsp3) is 0.529. The first kappa shape index (κ1) is 19.0. The second kappa shape index (κ2) is 6.21. The SMILES string of the molecule is Cc1ccc(C=C(CO)B2OC(C)(C)C(C)(C)O2)cc1C(F)(F)F. The van der Waals surface area contributed by atoms with Crippen molar-refractivity contribution in [2.24, 2.45) is 0 Å². The van der Waals surface area contributed by atoms with Gasteiger partial charge in [-0.3, -0.25) is 0 Å². The summed E-state index contributed by atoms with van der Waals surface area (Å²) in [7, 11) is -0.796. The molecule has 0 unspecified atom stereocenters. The van der Waals surface area contributed by atoms with Crippen LogP contribution in [0.15, 0.2) is 23.7 Å². The molecule has 132 valence electrons. The molecule has 0 aliphatic carbocycles. The summed E-state index contributed by atoms with van der Waals surface area (Å²) in [5.41, 5.74) is -0.993. The van der Waals surface area contributed by atoms with Crippen LogP contribution in [-0.2, 0) is 15.5 Å². The maximum atomic E-state index is 13.0. The highest BCUT2D eigenvalue weighted by Crippen LogP contribution is 2.39. The van der Waals surface area contributed by atoms with Crippen LogP contribution in [0.2, 0.25) is 0 Å². The lowest BCUT2D eigenvalue weighted by Crippen LogP contribution is -2.41. The van der Waals surface area contributed by atoms with Crippen LogP contribution < -0.4 is 0 Å². The molecule has 7 heteroatoms. The molecule has 24 heavy (non-hydrogen) atoms. The number of aliphatic hydroxyl groups is 1. The van der Waals surface area contributed by atoms with Crippen LogP contribution in [0.1, 0.15) is 44.4 Å². The van der Waals surface area contributed by atoms with Crippen molar-refractivity contribution >= 4 is 13.2 Å². The molecule has 1 fully saturated rings. The zero-order valence-electron chi connectivity index (χ0n) is 14.5. The van der Waals surface area contributed by atoms with Crippen LogP contribution in [0.25, 0.3) is 6.08 Å². The van der Waals surface area contributed by atoms with Gasteiger partial charge in [-0.15, -0.1) is 0 Å². The highest BCUT2D eigenvalue weighted by molar-refractivity contribution is 6.55. The average molecular weight is 342 g/mol. The molecule has 0 saturated carbocycles. The molecule has 0 amide bonds. The van der Waals surface area contributed by atoms with E-state index in [-0.39, 0.29) is 12.2 Å². The van der Waals surface area contributed by atoms with Gasteiger partial charge in [0.05, 0.1) is 23.4 Å². The van der Waals surface area contributed by atoms with Crippen molar-refractivity contribution in [1.29, 1.82) is 0 Å². The number of rotatable bonds is 3. The highest BCUT2D eigenvalue weighted by Gasteiger charge is 2.52. The second-order valence-electron chi connectivity index (χ2n) is 7.04. The lowest BCUT2D eigenvalue weighted by Gasteiger charge is -2.32. The third-order valence-electron chi connectivity index (χ3n) is 4.66. The molecular formula is C17H22BF3O3. The van der Waals surface area contributed by atoms with E-state index in [2.05, 4.69) is 0 Å². The zero-order chi connectivity index (χ0) is 18.3. The van der Waals surface area contributed by atoms with E-state index < -0.39 is 30.1 Å². The van der Waals surface area contributed by atoms with E-state index in [0.29, 0.717) is 11.0 Å². The maximum absolute atomic E-state index is 13.0. The van der Waals surface area contributed by atoms with E-state index in [0.717, 1.165) is 6.07 Å². The Kier molecular flexibility index (Phi) is 4.92. The predicted molar refractivity (Wildman–Crippen MR) is 87.3 cm³/mol. The van der Waals surface area contributed by atoms with Crippen LogP contribution in [0.3, 0.4) is 0 Å². The van der Waals surface area contributed by atoms with E-state index in [1.807, 2.05) is 27.7 Å². The first-order valence-corrected chi connectivity index (χ1v) is 7.72. The Labute approximate surface area is 140 Å². The highest BCUT2D eigenvalue weighted by atomic mass is 19.4. The summed E-state index contributed by atoms with van der Waals surface area (Å²) in [6.07, 6.45) is -2.94. The van der Waals surface area contributed by atoms with Crippen LogP contribution >= 0.6 is 0 Å². The zero-order valence-corrected chi connectivity index (χ0v) is 14.5. The van der Waals surface area contributed by atoms with Gasteiger partial charge in [0.1, 0.15) is 0 Å². The molecule has 3 nitrogen and oxygen atoms in total. The van der Waals surface area contributed by atoms with Gasteiger partial charge in [0.25, 0.3) is 0 Å². The van der Waals surface area contributed by atoms with Gasteiger partial charge in [0.2, 0.25) is 0 Å². The van der Waals surface area contributed by atoms with Gasteiger partial charge >= 0.3 is 13.3 Å². The molecule has 1 heterocycles. The van der Waals surface area contributed by atoms with Crippen molar-refractivity contribution in [3.8, 4) is 0 Å². The van der Waals surface area contributed by atoms with E-state index in [1.165, 1.54) is 19.1 Å². The molecule has 0 spiro atoms. The maximum Gasteiger partial charge on any atom is 0.492 e. The lowest BCUT2D eigenvalue weighted by molar-refractivity contribution is -0.138. The molecule has 1 saturated heterocycles. The Morgan fingerprint density at radius 2 is 1.71 bits per heavy atom. The summed E-state index contributed by atoms with van der Waals surface area (Å²) in [6, 6.07) is 4.05. The number of alkyl halides is 3. The molecule has 1 aliphatic rings. The Hall–Kier alpha value is -1.31. The fourth-order valence-corrected chi connectivity index (χ4v) is 2.43. The number of aryl methyl sites for hydroxylation is 1.